The fourth-order valence-corrected chi connectivity index (χ4v) is 1.92. The largest absolute Gasteiger partial charge is 0.476 e. The summed E-state index contributed by atoms with van der Waals surface area (Å²) in [7, 11) is 0. The van der Waals surface area contributed by atoms with Gasteiger partial charge < -0.3 is 9.84 Å². The number of carboxylic acids is 1. The Morgan fingerprint density at radius 1 is 0.864 bits per heavy atom. The number of carbonyl (C=O) groups is 4. The van der Waals surface area contributed by atoms with E-state index in [1.807, 2.05) is 13.8 Å². The van der Waals surface area contributed by atoms with Gasteiger partial charge in [-0.05, 0) is 31.1 Å². The van der Waals surface area contributed by atoms with E-state index in [2.05, 4.69) is 13.8 Å². The molecule has 126 valence electrons. The third-order valence-corrected chi connectivity index (χ3v) is 3.12. The molecule has 0 rings (SSSR count). The van der Waals surface area contributed by atoms with E-state index in [1.54, 1.807) is 0 Å². The molecule has 0 aromatic carbocycles. The second-order valence-electron chi connectivity index (χ2n) is 6.28. The summed E-state index contributed by atoms with van der Waals surface area (Å²) in [6, 6.07) is 0. The standard InChI is InChI=1S/C16H26O6/c1-10(2)5-6-12(9-11(3)4)22-16(21)14(18)8-7-13(17)15(19)20/h10-12H,5-9H2,1-4H3,(H,19,20). The van der Waals surface area contributed by atoms with Crippen molar-refractivity contribution in [2.75, 3.05) is 0 Å². The van der Waals surface area contributed by atoms with Crippen molar-refractivity contribution in [1.82, 2.24) is 0 Å². The second-order valence-corrected chi connectivity index (χ2v) is 6.28. The van der Waals surface area contributed by atoms with Gasteiger partial charge in [0.25, 0.3) is 0 Å². The minimum Gasteiger partial charge on any atom is -0.476 e. The maximum absolute atomic E-state index is 11.7. The van der Waals surface area contributed by atoms with Crippen LogP contribution in [0.3, 0.4) is 0 Å². The van der Waals surface area contributed by atoms with Crippen molar-refractivity contribution in [3.63, 3.8) is 0 Å². The lowest BCUT2D eigenvalue weighted by molar-refractivity contribution is -0.159. The Bertz CT molecular complexity index is 411. The monoisotopic (exact) mass is 314 g/mol. The van der Waals surface area contributed by atoms with Gasteiger partial charge in [-0.15, -0.1) is 0 Å². The van der Waals surface area contributed by atoms with E-state index in [9.17, 15) is 19.2 Å². The maximum Gasteiger partial charge on any atom is 0.374 e. The lowest BCUT2D eigenvalue weighted by atomic mass is 9.98. The molecule has 6 nitrogen and oxygen atoms in total. The van der Waals surface area contributed by atoms with Gasteiger partial charge in [0.15, 0.2) is 0 Å². The Kier molecular flexibility index (Phi) is 9.29. The zero-order valence-corrected chi connectivity index (χ0v) is 13.8. The van der Waals surface area contributed by atoms with Crippen LogP contribution in [0.4, 0.5) is 0 Å². The van der Waals surface area contributed by atoms with Crippen molar-refractivity contribution in [3.8, 4) is 0 Å². The topological polar surface area (TPSA) is 97.7 Å². The molecule has 0 fully saturated rings. The van der Waals surface area contributed by atoms with Gasteiger partial charge in [-0.2, -0.15) is 0 Å². The van der Waals surface area contributed by atoms with Crippen LogP contribution in [-0.4, -0.2) is 34.7 Å². The molecule has 6 heteroatoms. The highest BCUT2D eigenvalue weighted by atomic mass is 16.5. The van der Waals surface area contributed by atoms with Gasteiger partial charge in [0.1, 0.15) is 6.10 Å². The van der Waals surface area contributed by atoms with E-state index >= 15 is 0 Å². The van der Waals surface area contributed by atoms with E-state index in [1.165, 1.54) is 0 Å². The molecule has 1 unspecified atom stereocenters. The van der Waals surface area contributed by atoms with Crippen molar-refractivity contribution in [3.05, 3.63) is 0 Å². The highest BCUT2D eigenvalue weighted by molar-refractivity contribution is 6.36. The van der Waals surface area contributed by atoms with Crippen LogP contribution in [0.5, 0.6) is 0 Å². The molecule has 1 atom stereocenters. The number of hydrogen-bond donors (Lipinski definition) is 1. The summed E-state index contributed by atoms with van der Waals surface area (Å²) in [5.41, 5.74) is 0. The first kappa shape index (κ1) is 20.3. The van der Waals surface area contributed by atoms with Crippen molar-refractivity contribution >= 4 is 23.5 Å². The summed E-state index contributed by atoms with van der Waals surface area (Å²) in [5, 5.41) is 8.42. The highest BCUT2D eigenvalue weighted by Crippen LogP contribution is 2.17. The summed E-state index contributed by atoms with van der Waals surface area (Å²) < 4.78 is 5.22. The summed E-state index contributed by atoms with van der Waals surface area (Å²) in [5.74, 6) is -3.72. The van der Waals surface area contributed by atoms with E-state index in [4.69, 9.17) is 9.84 Å². The first-order chi connectivity index (χ1) is 10.1. The first-order valence-corrected chi connectivity index (χ1v) is 7.63. The van der Waals surface area contributed by atoms with E-state index in [0.717, 1.165) is 6.42 Å². The SMILES string of the molecule is CC(C)CCC(CC(C)C)OC(=O)C(=O)CCC(=O)C(=O)O. The van der Waals surface area contributed by atoms with Crippen LogP contribution in [0.1, 0.15) is 59.8 Å². The molecule has 0 spiro atoms. The summed E-state index contributed by atoms with van der Waals surface area (Å²) >= 11 is 0. The Balaban J connectivity index is 4.43. The quantitative estimate of drug-likeness (QED) is 0.464. The Morgan fingerprint density at radius 3 is 1.86 bits per heavy atom. The molecule has 0 amide bonds. The van der Waals surface area contributed by atoms with Gasteiger partial charge in [0, 0.05) is 12.8 Å². The van der Waals surface area contributed by atoms with Gasteiger partial charge in [0.05, 0.1) is 0 Å². The van der Waals surface area contributed by atoms with Gasteiger partial charge in [-0.3, -0.25) is 9.59 Å². The molecule has 0 aromatic rings. The molecule has 1 N–H and O–H groups in total. The van der Waals surface area contributed by atoms with Gasteiger partial charge in [-0.25, -0.2) is 9.59 Å². The molecule has 0 aliphatic rings. The molecule has 0 radical (unpaired) electrons. The minimum atomic E-state index is -1.60. The zero-order chi connectivity index (χ0) is 17.3. The van der Waals surface area contributed by atoms with Gasteiger partial charge in [0.2, 0.25) is 11.6 Å². The average molecular weight is 314 g/mol. The van der Waals surface area contributed by atoms with Crippen LogP contribution in [0.2, 0.25) is 0 Å². The Labute approximate surface area is 131 Å². The van der Waals surface area contributed by atoms with Crippen LogP contribution in [-0.2, 0) is 23.9 Å². The maximum atomic E-state index is 11.7. The molecule has 0 aliphatic carbocycles. The fourth-order valence-electron chi connectivity index (χ4n) is 1.92. The highest BCUT2D eigenvalue weighted by Gasteiger charge is 2.23. The predicted molar refractivity (Wildman–Crippen MR) is 80.3 cm³/mol. The average Bonchev–Trinajstić information content (AvgIpc) is 2.40. The molecule has 22 heavy (non-hydrogen) atoms. The summed E-state index contributed by atoms with van der Waals surface area (Å²) in [4.78, 5) is 44.6. The van der Waals surface area contributed by atoms with Crippen LogP contribution in [0.25, 0.3) is 0 Å². The number of Topliss-reactive ketones (excluding diaryl/α,β-unsaturated/α-hetero) is 2. The number of rotatable bonds is 11. The number of carboxylic acid groups (broad SMARTS) is 1. The predicted octanol–water partition coefficient (Wildman–Crippen LogP) is 2.38. The molecular weight excluding hydrogens is 288 g/mol. The van der Waals surface area contributed by atoms with Crippen molar-refractivity contribution < 1.29 is 29.0 Å². The van der Waals surface area contributed by atoms with Crippen LogP contribution in [0.15, 0.2) is 0 Å². The Morgan fingerprint density at radius 2 is 1.41 bits per heavy atom. The zero-order valence-electron chi connectivity index (χ0n) is 13.8. The van der Waals surface area contributed by atoms with Crippen LogP contribution < -0.4 is 0 Å². The molecule has 0 aromatic heterocycles. The van der Waals surface area contributed by atoms with Gasteiger partial charge >= 0.3 is 11.9 Å². The molecule has 0 heterocycles. The van der Waals surface area contributed by atoms with E-state index in [0.29, 0.717) is 24.7 Å². The fraction of sp³-hybridized carbons (Fsp3) is 0.750. The smallest absolute Gasteiger partial charge is 0.374 e. The Hall–Kier alpha value is -1.72. The summed E-state index contributed by atoms with van der Waals surface area (Å²) in [6.45, 7) is 8.14. The first-order valence-electron chi connectivity index (χ1n) is 7.63. The number of ketones is 2. The summed E-state index contributed by atoms with van der Waals surface area (Å²) in [6.07, 6.45) is 1.00. The van der Waals surface area contributed by atoms with Crippen molar-refractivity contribution in [2.24, 2.45) is 11.8 Å². The molecule has 0 saturated heterocycles. The molecule has 0 saturated carbocycles. The number of aliphatic carboxylic acids is 1. The van der Waals surface area contributed by atoms with E-state index in [-0.39, 0.29) is 6.10 Å². The third-order valence-electron chi connectivity index (χ3n) is 3.12. The van der Waals surface area contributed by atoms with E-state index < -0.39 is 36.3 Å². The lowest BCUT2D eigenvalue weighted by Gasteiger charge is -2.20. The number of carbonyl (C=O) groups excluding carboxylic acids is 3. The third kappa shape index (κ3) is 9.26. The second kappa shape index (κ2) is 10.1. The number of esters is 1. The van der Waals surface area contributed by atoms with Crippen molar-refractivity contribution in [2.45, 2.75) is 65.9 Å². The van der Waals surface area contributed by atoms with Crippen LogP contribution in [0, 0.1) is 11.8 Å². The van der Waals surface area contributed by atoms with Crippen LogP contribution >= 0.6 is 0 Å². The molecular formula is C16H26O6. The minimum absolute atomic E-state index is 0.325. The number of ether oxygens (including phenoxy) is 1. The molecule has 0 aliphatic heterocycles. The molecule has 0 bridgehead atoms. The lowest BCUT2D eigenvalue weighted by Crippen LogP contribution is -2.27. The normalized spacial score (nSPS) is 12.3. The van der Waals surface area contributed by atoms with Crippen molar-refractivity contribution in [1.29, 1.82) is 0 Å². The van der Waals surface area contributed by atoms with Gasteiger partial charge in [-0.1, -0.05) is 27.7 Å². The number of hydrogen-bond acceptors (Lipinski definition) is 5.